The maximum atomic E-state index is 12.8. The van der Waals surface area contributed by atoms with Crippen molar-refractivity contribution in [3.05, 3.63) is 54.2 Å². The number of rotatable bonds is 2. The molecule has 94 valence electrons. The second-order valence-corrected chi connectivity index (χ2v) is 3.88. The topological polar surface area (TPSA) is 54.5 Å². The van der Waals surface area contributed by atoms with Gasteiger partial charge in [0.15, 0.2) is 11.6 Å². The predicted molar refractivity (Wildman–Crippen MR) is 65.0 cm³/mol. The fraction of sp³-hybridized carbons (Fsp3) is 0. The number of pyridine rings is 1. The van der Waals surface area contributed by atoms with Crippen LogP contribution < -0.4 is 0 Å². The van der Waals surface area contributed by atoms with Crippen LogP contribution in [0.3, 0.4) is 0 Å². The summed E-state index contributed by atoms with van der Waals surface area (Å²) in [5.74, 6) is 0.127. The van der Waals surface area contributed by atoms with Gasteiger partial charge in [-0.25, -0.2) is 18.7 Å². The summed E-state index contributed by atoms with van der Waals surface area (Å²) in [4.78, 5) is 8.14. The minimum atomic E-state index is -0.415. The average molecular weight is 258 g/mol. The monoisotopic (exact) mass is 258 g/mol. The Morgan fingerprint density at radius 2 is 1.63 bits per heavy atom. The van der Waals surface area contributed by atoms with Crippen LogP contribution in [0.1, 0.15) is 0 Å². The highest BCUT2D eigenvalue weighted by Crippen LogP contribution is 2.18. The maximum absolute atomic E-state index is 12.8. The van der Waals surface area contributed by atoms with Gasteiger partial charge in [0.25, 0.3) is 0 Å². The van der Waals surface area contributed by atoms with Crippen LogP contribution in [0.2, 0.25) is 0 Å². The SMILES string of the molecule is Fc1ccc(-c2n[nH]c(-c3ccc(F)cn3)n2)cc1. The fourth-order valence-electron chi connectivity index (χ4n) is 1.62. The van der Waals surface area contributed by atoms with E-state index in [0.717, 1.165) is 6.20 Å². The molecule has 0 atom stereocenters. The lowest BCUT2D eigenvalue weighted by atomic mass is 10.2. The quantitative estimate of drug-likeness (QED) is 0.769. The van der Waals surface area contributed by atoms with E-state index in [1.54, 1.807) is 12.1 Å². The highest BCUT2D eigenvalue weighted by atomic mass is 19.1. The van der Waals surface area contributed by atoms with E-state index >= 15 is 0 Å². The number of aromatic nitrogens is 4. The molecule has 0 spiro atoms. The van der Waals surface area contributed by atoms with Crippen molar-refractivity contribution in [2.75, 3.05) is 0 Å². The normalized spacial score (nSPS) is 10.6. The number of benzene rings is 1. The molecule has 19 heavy (non-hydrogen) atoms. The summed E-state index contributed by atoms with van der Waals surface area (Å²) in [6, 6.07) is 8.64. The van der Waals surface area contributed by atoms with Gasteiger partial charge in [0.2, 0.25) is 0 Å². The van der Waals surface area contributed by atoms with Crippen LogP contribution in [0, 0.1) is 11.6 Å². The molecule has 0 fully saturated rings. The Labute approximate surface area is 107 Å². The summed E-state index contributed by atoms with van der Waals surface area (Å²) < 4.78 is 25.6. The second-order valence-electron chi connectivity index (χ2n) is 3.88. The molecule has 0 bridgehead atoms. The molecule has 2 aromatic heterocycles. The van der Waals surface area contributed by atoms with Crippen molar-refractivity contribution >= 4 is 0 Å². The smallest absolute Gasteiger partial charge is 0.181 e. The molecule has 0 aliphatic rings. The van der Waals surface area contributed by atoms with E-state index in [1.807, 2.05) is 0 Å². The van der Waals surface area contributed by atoms with Crippen molar-refractivity contribution < 1.29 is 8.78 Å². The largest absolute Gasteiger partial charge is 0.257 e. The molecule has 4 nitrogen and oxygen atoms in total. The highest BCUT2D eigenvalue weighted by molar-refractivity contribution is 5.58. The molecule has 3 aromatic rings. The minimum Gasteiger partial charge on any atom is -0.257 e. The van der Waals surface area contributed by atoms with Crippen molar-refractivity contribution in [3.63, 3.8) is 0 Å². The summed E-state index contributed by atoms with van der Waals surface area (Å²) in [6.45, 7) is 0. The highest BCUT2D eigenvalue weighted by Gasteiger charge is 2.08. The van der Waals surface area contributed by atoms with Crippen LogP contribution in [0.15, 0.2) is 42.6 Å². The Bertz CT molecular complexity index is 629. The van der Waals surface area contributed by atoms with E-state index in [9.17, 15) is 8.78 Å². The van der Waals surface area contributed by atoms with E-state index in [2.05, 4.69) is 20.2 Å². The molecule has 0 radical (unpaired) electrons. The van der Waals surface area contributed by atoms with Crippen LogP contribution in [-0.4, -0.2) is 20.2 Å². The lowest BCUT2D eigenvalue weighted by Crippen LogP contribution is -1.86. The Morgan fingerprint density at radius 1 is 0.895 bits per heavy atom. The van der Waals surface area contributed by atoms with Gasteiger partial charge in [-0.3, -0.25) is 5.10 Å². The molecule has 2 heterocycles. The summed E-state index contributed by atoms with van der Waals surface area (Å²) in [6.07, 6.45) is 1.11. The van der Waals surface area contributed by atoms with Crippen molar-refractivity contribution in [2.45, 2.75) is 0 Å². The molecule has 0 unspecified atom stereocenters. The first-order valence-electron chi connectivity index (χ1n) is 5.52. The van der Waals surface area contributed by atoms with Crippen LogP contribution >= 0.6 is 0 Å². The van der Waals surface area contributed by atoms with Gasteiger partial charge in [0.05, 0.1) is 6.20 Å². The molecule has 0 saturated heterocycles. The molecule has 6 heteroatoms. The third-order valence-electron chi connectivity index (χ3n) is 2.56. The Morgan fingerprint density at radius 3 is 2.32 bits per heavy atom. The zero-order chi connectivity index (χ0) is 13.2. The summed E-state index contributed by atoms with van der Waals surface area (Å²) >= 11 is 0. The van der Waals surface area contributed by atoms with Crippen LogP contribution in [-0.2, 0) is 0 Å². The van der Waals surface area contributed by atoms with Crippen molar-refractivity contribution in [3.8, 4) is 22.9 Å². The zero-order valence-electron chi connectivity index (χ0n) is 9.64. The average Bonchev–Trinajstić information content (AvgIpc) is 2.90. The number of nitrogens with one attached hydrogen (secondary N) is 1. The van der Waals surface area contributed by atoms with E-state index in [4.69, 9.17) is 0 Å². The molecule has 1 N–H and O–H groups in total. The molecule has 0 amide bonds. The number of H-pyrrole nitrogens is 1. The number of halogens is 2. The molecular weight excluding hydrogens is 250 g/mol. The van der Waals surface area contributed by atoms with Gasteiger partial charge in [0.1, 0.15) is 17.3 Å². The first-order chi connectivity index (χ1) is 9.22. The first-order valence-corrected chi connectivity index (χ1v) is 5.52. The lowest BCUT2D eigenvalue weighted by Gasteiger charge is -1.94. The van der Waals surface area contributed by atoms with Gasteiger partial charge in [-0.05, 0) is 36.4 Å². The Hall–Kier alpha value is -2.63. The van der Waals surface area contributed by atoms with Gasteiger partial charge < -0.3 is 0 Å². The minimum absolute atomic E-state index is 0.320. The zero-order valence-corrected chi connectivity index (χ0v) is 9.64. The fourth-order valence-corrected chi connectivity index (χ4v) is 1.62. The molecule has 1 aromatic carbocycles. The maximum Gasteiger partial charge on any atom is 0.181 e. The Kier molecular flexibility index (Phi) is 2.75. The van der Waals surface area contributed by atoms with Crippen molar-refractivity contribution in [2.24, 2.45) is 0 Å². The van der Waals surface area contributed by atoms with Gasteiger partial charge in [-0.15, -0.1) is 0 Å². The number of nitrogens with zero attached hydrogens (tertiary/aromatic N) is 3. The standard InChI is InChI=1S/C13H8F2N4/c14-9-3-1-8(2-4-9)12-17-13(19-18-12)11-6-5-10(15)7-16-11/h1-7H,(H,17,18,19). The molecular formula is C13H8F2N4. The molecule has 0 aliphatic carbocycles. The third kappa shape index (κ3) is 2.33. The number of hydrogen-bond donors (Lipinski definition) is 1. The van der Waals surface area contributed by atoms with E-state index in [1.165, 1.54) is 24.3 Å². The Balaban J connectivity index is 1.95. The van der Waals surface area contributed by atoms with Gasteiger partial charge >= 0.3 is 0 Å². The van der Waals surface area contributed by atoms with E-state index in [-0.39, 0.29) is 5.82 Å². The molecule has 3 rings (SSSR count). The van der Waals surface area contributed by atoms with Crippen LogP contribution in [0.5, 0.6) is 0 Å². The van der Waals surface area contributed by atoms with E-state index < -0.39 is 5.82 Å². The van der Waals surface area contributed by atoms with Crippen molar-refractivity contribution in [1.82, 2.24) is 20.2 Å². The van der Waals surface area contributed by atoms with Gasteiger partial charge in [-0.1, -0.05) is 0 Å². The summed E-state index contributed by atoms with van der Waals surface area (Å²) in [5.41, 5.74) is 1.17. The van der Waals surface area contributed by atoms with Crippen LogP contribution in [0.25, 0.3) is 22.9 Å². The summed E-state index contributed by atoms with van der Waals surface area (Å²) in [5, 5.41) is 6.74. The first kappa shape index (κ1) is 11.5. The van der Waals surface area contributed by atoms with Crippen molar-refractivity contribution in [1.29, 1.82) is 0 Å². The summed E-state index contributed by atoms with van der Waals surface area (Å²) in [7, 11) is 0. The third-order valence-corrected chi connectivity index (χ3v) is 2.56. The van der Waals surface area contributed by atoms with E-state index in [0.29, 0.717) is 22.9 Å². The van der Waals surface area contributed by atoms with Crippen LogP contribution in [0.4, 0.5) is 8.78 Å². The second kappa shape index (κ2) is 4.56. The molecule has 0 saturated carbocycles. The number of hydrogen-bond acceptors (Lipinski definition) is 3. The number of aromatic amines is 1. The lowest BCUT2D eigenvalue weighted by molar-refractivity contribution is 0.621. The predicted octanol–water partition coefficient (Wildman–Crippen LogP) is 2.81. The van der Waals surface area contributed by atoms with Gasteiger partial charge in [-0.2, -0.15) is 5.10 Å². The van der Waals surface area contributed by atoms with Gasteiger partial charge in [0, 0.05) is 5.56 Å². The molecule has 0 aliphatic heterocycles.